The second-order valence-electron chi connectivity index (χ2n) is 20.1. The number of nitro benzene ring substituents is 1. The lowest BCUT2D eigenvalue weighted by atomic mass is 9.59. The molecule has 3 N–H and O–H groups in total. The number of hydrogen-bond donors (Lipinski definition) is 3. The second-order valence-corrected chi connectivity index (χ2v) is 21.8. The molecule has 15 nitrogen and oxygen atoms in total. The number of aromatic nitrogens is 2. The van der Waals surface area contributed by atoms with Crippen LogP contribution in [0, 0.1) is 21.4 Å². The first-order valence-corrected chi connectivity index (χ1v) is 26.4. The van der Waals surface area contributed by atoms with Crippen molar-refractivity contribution in [3.63, 3.8) is 0 Å². The number of fused-ring (bicyclic) bond motifs is 2. The van der Waals surface area contributed by atoms with Crippen molar-refractivity contribution in [1.29, 1.82) is 0 Å². The maximum Gasteiger partial charge on any atom is 0.293 e. The highest BCUT2D eigenvalue weighted by Crippen LogP contribution is 2.55. The summed E-state index contributed by atoms with van der Waals surface area (Å²) >= 11 is 0. The fraction of sp³-hybridized carbons (Fsp3) is 0.500. The summed E-state index contributed by atoms with van der Waals surface area (Å²) in [5, 5.41) is 16.2. The Labute approximate surface area is 398 Å². The fourth-order valence-electron chi connectivity index (χ4n) is 12.4. The average molecular weight is 943 g/mol. The van der Waals surface area contributed by atoms with E-state index in [0.29, 0.717) is 79.2 Å². The summed E-state index contributed by atoms with van der Waals surface area (Å²) in [7, 11) is -4.54. The molecule has 1 atom stereocenters. The van der Waals surface area contributed by atoms with E-state index in [0.717, 1.165) is 55.9 Å². The number of piperidine rings is 1. The number of aromatic amines is 1. The number of amides is 1. The number of carbonyl (C=O) groups excluding carboxylic acids is 1. The Bertz CT molecular complexity index is 2790. The number of benzene rings is 3. The molecule has 2 aromatic heterocycles. The number of ether oxygens (including phenoxy) is 2. The molecule has 0 radical (unpaired) electrons. The smallest absolute Gasteiger partial charge is 0.293 e. The lowest BCUT2D eigenvalue weighted by Gasteiger charge is -2.56. The third-order valence-electron chi connectivity index (χ3n) is 16.2. The number of H-pyrrole nitrogens is 1. The maximum atomic E-state index is 14.4. The lowest BCUT2D eigenvalue weighted by molar-refractivity contribution is -0.384. The van der Waals surface area contributed by atoms with Gasteiger partial charge in [0.05, 0.1) is 27.6 Å². The van der Waals surface area contributed by atoms with Crippen LogP contribution in [0.15, 0.2) is 83.9 Å². The molecule has 68 heavy (non-hydrogen) atoms. The molecule has 0 unspecified atom stereocenters. The van der Waals surface area contributed by atoms with Crippen LogP contribution < -0.4 is 24.6 Å². The van der Waals surface area contributed by atoms with Crippen molar-refractivity contribution in [3.05, 3.63) is 106 Å². The first-order valence-electron chi connectivity index (χ1n) is 24.9. The summed E-state index contributed by atoms with van der Waals surface area (Å²) in [6.45, 7) is 5.39. The highest BCUT2D eigenvalue weighted by Gasteiger charge is 2.50. The van der Waals surface area contributed by atoms with Gasteiger partial charge >= 0.3 is 0 Å². The van der Waals surface area contributed by atoms with Crippen molar-refractivity contribution in [2.75, 3.05) is 67.7 Å². The van der Waals surface area contributed by atoms with E-state index in [1.807, 2.05) is 35.4 Å². The van der Waals surface area contributed by atoms with E-state index in [9.17, 15) is 23.3 Å². The molecule has 0 bridgehead atoms. The summed E-state index contributed by atoms with van der Waals surface area (Å²) < 4.78 is 41.6. The van der Waals surface area contributed by atoms with Crippen molar-refractivity contribution >= 4 is 55.4 Å². The van der Waals surface area contributed by atoms with E-state index in [2.05, 4.69) is 49.1 Å². The Morgan fingerprint density at radius 1 is 0.853 bits per heavy atom. The summed E-state index contributed by atoms with van der Waals surface area (Å²) in [5.74, 6) is 0.542. The number of anilines is 4. The highest BCUT2D eigenvalue weighted by atomic mass is 32.2. The summed E-state index contributed by atoms with van der Waals surface area (Å²) in [4.78, 5) is 40.7. The zero-order valence-corrected chi connectivity index (χ0v) is 39.5. The van der Waals surface area contributed by atoms with E-state index in [1.54, 1.807) is 17.2 Å². The van der Waals surface area contributed by atoms with Gasteiger partial charge in [-0.05, 0) is 142 Å². The van der Waals surface area contributed by atoms with Crippen molar-refractivity contribution in [2.45, 2.75) is 106 Å². The van der Waals surface area contributed by atoms with Crippen LogP contribution in [-0.4, -0.2) is 92.7 Å². The Morgan fingerprint density at radius 2 is 1.65 bits per heavy atom. The van der Waals surface area contributed by atoms with Crippen LogP contribution in [0.4, 0.5) is 28.4 Å². The van der Waals surface area contributed by atoms with Crippen molar-refractivity contribution in [2.24, 2.45) is 11.3 Å². The molecular formula is C52H62N8O7S. The van der Waals surface area contributed by atoms with Crippen LogP contribution in [-0.2, 0) is 14.8 Å². The molecule has 2 saturated carbocycles. The molecule has 6 heterocycles. The predicted octanol–water partition coefficient (Wildman–Crippen LogP) is 9.59. The molecular weight excluding hydrogens is 881 g/mol. The molecule has 11 rings (SSSR count). The predicted molar refractivity (Wildman–Crippen MR) is 263 cm³/mol. The molecule has 16 heteroatoms. The number of nitrogens with zero attached hydrogens (tertiary/aromatic N) is 5. The zero-order chi connectivity index (χ0) is 46.4. The number of sulfonamides is 1. The standard InChI is InChI=1S/C52H62N8O7S/c61-50(56-68(64,65)40-13-15-44(47(31-40)60(62)63)54-34-35-17-26-66-27-18-35)43-14-12-38(30-46(43)59-25-28-67-51-48(59)29-37-16-21-53-49(37)55-51)57-23-19-52(20-24-57)32-39(33-52)58-22-6-11-45(58)42-10-5-4-9-41(42)36-7-2-1-3-8-36/h4-5,9-10,12-16,21,29-31,35-36,39,45,54H,1-3,6-8,11,17-20,22-28,32-34H2,(H,53,55)(H,56,61)/t45-/m0/s1. The third kappa shape index (κ3) is 8.79. The molecule has 1 amide bonds. The van der Waals surface area contributed by atoms with Gasteiger partial charge in [0, 0.05) is 68.3 Å². The van der Waals surface area contributed by atoms with Gasteiger partial charge in [-0.15, -0.1) is 0 Å². The van der Waals surface area contributed by atoms with Gasteiger partial charge < -0.3 is 29.6 Å². The number of likely N-dealkylation sites (tertiary alicyclic amines) is 1. The quantitative estimate of drug-likeness (QED) is 0.0799. The van der Waals surface area contributed by atoms with Crippen molar-refractivity contribution in [1.82, 2.24) is 19.6 Å². The average Bonchev–Trinajstić information content (AvgIpc) is 4.04. The SMILES string of the molecule is O=C(NS(=O)(=O)c1ccc(NCC2CCOCC2)c([N+](=O)[O-])c1)c1ccc(N2CCC3(CC2)CC(N2CCC[C@H]2c2ccccc2C2CCCCC2)C3)cc1N1CCOc2nc3[nH]ccc3cc21. The minimum Gasteiger partial charge on any atom is -0.474 e. The molecule has 1 spiro atoms. The number of carbonyl (C=O) groups is 1. The highest BCUT2D eigenvalue weighted by molar-refractivity contribution is 7.90. The molecule has 3 aromatic carbocycles. The van der Waals surface area contributed by atoms with Crippen LogP contribution >= 0.6 is 0 Å². The molecule has 358 valence electrons. The maximum absolute atomic E-state index is 14.4. The van der Waals surface area contributed by atoms with E-state index in [-0.39, 0.29) is 27.8 Å². The zero-order valence-electron chi connectivity index (χ0n) is 38.7. The number of rotatable bonds is 12. The number of pyridine rings is 1. The van der Waals surface area contributed by atoms with Gasteiger partial charge in [-0.25, -0.2) is 13.1 Å². The number of hydrogen-bond acceptors (Lipinski definition) is 12. The van der Waals surface area contributed by atoms with Gasteiger partial charge in [0.1, 0.15) is 23.6 Å². The van der Waals surface area contributed by atoms with Crippen molar-refractivity contribution in [3.8, 4) is 5.88 Å². The first-order chi connectivity index (χ1) is 33.1. The lowest BCUT2D eigenvalue weighted by Crippen LogP contribution is -2.55. The van der Waals surface area contributed by atoms with Crippen LogP contribution in [0.1, 0.15) is 117 Å². The molecule has 3 saturated heterocycles. The Kier molecular flexibility index (Phi) is 12.3. The van der Waals surface area contributed by atoms with Crippen LogP contribution in [0.25, 0.3) is 11.0 Å². The van der Waals surface area contributed by atoms with Crippen LogP contribution in [0.3, 0.4) is 0 Å². The molecule has 2 aliphatic carbocycles. The van der Waals surface area contributed by atoms with E-state index < -0.39 is 20.9 Å². The third-order valence-corrected chi connectivity index (χ3v) is 17.5. The largest absolute Gasteiger partial charge is 0.474 e. The summed E-state index contributed by atoms with van der Waals surface area (Å²) in [5.41, 5.74) is 6.29. The second kappa shape index (κ2) is 18.7. The van der Waals surface area contributed by atoms with E-state index in [1.165, 1.54) is 76.5 Å². The monoisotopic (exact) mass is 942 g/mol. The van der Waals surface area contributed by atoms with Gasteiger partial charge in [-0.3, -0.25) is 19.8 Å². The minimum atomic E-state index is -4.54. The Hall–Kier alpha value is -5.71. The van der Waals surface area contributed by atoms with Gasteiger partial charge in [0.25, 0.3) is 21.6 Å². The van der Waals surface area contributed by atoms with Gasteiger partial charge in [0.2, 0.25) is 5.88 Å². The molecule has 5 fully saturated rings. The Balaban J connectivity index is 0.819. The summed E-state index contributed by atoms with van der Waals surface area (Å²) in [6.07, 6.45) is 17.3. The van der Waals surface area contributed by atoms with Crippen LogP contribution in [0.2, 0.25) is 0 Å². The van der Waals surface area contributed by atoms with Crippen molar-refractivity contribution < 1.29 is 27.6 Å². The fourth-order valence-corrected chi connectivity index (χ4v) is 13.4. The number of nitro groups is 1. The molecule has 6 aliphatic rings. The Morgan fingerprint density at radius 3 is 2.44 bits per heavy atom. The van der Waals surface area contributed by atoms with Gasteiger partial charge in [-0.2, -0.15) is 4.98 Å². The normalized spacial score (nSPS) is 21.6. The topological polar surface area (TPSA) is 175 Å². The van der Waals surface area contributed by atoms with Crippen LogP contribution in [0.5, 0.6) is 5.88 Å². The number of nitrogens with one attached hydrogen (secondary N) is 3. The molecule has 5 aromatic rings. The van der Waals surface area contributed by atoms with Gasteiger partial charge in [0.15, 0.2) is 0 Å². The summed E-state index contributed by atoms with van der Waals surface area (Å²) in [6, 6.07) is 23.6. The van der Waals surface area contributed by atoms with Gasteiger partial charge in [-0.1, -0.05) is 43.5 Å². The van der Waals surface area contributed by atoms with E-state index in [4.69, 9.17) is 14.5 Å². The first kappa shape index (κ1) is 44.8. The minimum absolute atomic E-state index is 0.143. The van der Waals surface area contributed by atoms with E-state index >= 15 is 0 Å². The molecule has 4 aliphatic heterocycles.